The second kappa shape index (κ2) is 5.61. The Labute approximate surface area is 105 Å². The number of benzene rings is 1. The lowest BCUT2D eigenvalue weighted by molar-refractivity contribution is -0.122. The molecule has 4 nitrogen and oxygen atoms in total. The molecule has 0 radical (unpaired) electrons. The Bertz CT molecular complexity index is 485. The summed E-state index contributed by atoms with van der Waals surface area (Å²) >= 11 is 0. The molecule has 1 heterocycles. The molecule has 1 saturated heterocycles. The minimum atomic E-state index is -0.400. The van der Waals surface area contributed by atoms with Crippen molar-refractivity contribution in [1.82, 2.24) is 10.6 Å². The van der Waals surface area contributed by atoms with Gasteiger partial charge in [0.15, 0.2) is 0 Å². The number of nitrogens with one attached hydrogen (secondary N) is 2. The molecule has 1 aliphatic heterocycles. The summed E-state index contributed by atoms with van der Waals surface area (Å²) in [4.78, 5) is 11.0. The van der Waals surface area contributed by atoms with E-state index in [0.717, 1.165) is 12.0 Å². The van der Waals surface area contributed by atoms with Gasteiger partial charge in [-0.05, 0) is 30.2 Å². The predicted octanol–water partition coefficient (Wildman–Crippen LogP) is 1.07. The fraction of sp³-hybridized carbons (Fsp3) is 0.385. The van der Waals surface area contributed by atoms with Crippen LogP contribution in [0.3, 0.4) is 0 Å². The molecule has 94 valence electrons. The van der Waals surface area contributed by atoms with Crippen molar-refractivity contribution >= 4 is 5.91 Å². The second-order valence-electron chi connectivity index (χ2n) is 4.38. The number of amides is 1. The Morgan fingerprint density at radius 1 is 1.50 bits per heavy atom. The van der Waals surface area contributed by atoms with Crippen molar-refractivity contribution < 1.29 is 9.18 Å². The molecule has 1 atom stereocenters. The van der Waals surface area contributed by atoms with Crippen LogP contribution in [0.4, 0.5) is 4.39 Å². The van der Waals surface area contributed by atoms with Gasteiger partial charge in [0.25, 0.3) is 0 Å². The molecule has 18 heavy (non-hydrogen) atoms. The molecule has 2 rings (SSSR count). The van der Waals surface area contributed by atoms with Gasteiger partial charge in [-0.3, -0.25) is 4.79 Å². The Balaban J connectivity index is 1.92. The lowest BCUT2D eigenvalue weighted by atomic mass is 10.1. The number of carbonyl (C=O) groups is 1. The van der Waals surface area contributed by atoms with Crippen molar-refractivity contribution in [2.45, 2.75) is 25.4 Å². The summed E-state index contributed by atoms with van der Waals surface area (Å²) < 4.78 is 13.2. The van der Waals surface area contributed by atoms with Crippen LogP contribution in [-0.2, 0) is 11.3 Å². The van der Waals surface area contributed by atoms with Crippen molar-refractivity contribution in [3.63, 3.8) is 0 Å². The first-order chi connectivity index (χ1) is 8.67. The molecular weight excluding hydrogens is 233 g/mol. The number of hydrogen-bond donors (Lipinski definition) is 2. The zero-order valence-electron chi connectivity index (χ0n) is 9.87. The SMILES string of the molecule is N#Cc1cc(F)cc(CNC2CCC(=O)NC2)c1. The average molecular weight is 247 g/mol. The molecule has 5 heteroatoms. The molecule has 0 bridgehead atoms. The van der Waals surface area contributed by atoms with Crippen molar-refractivity contribution in [2.75, 3.05) is 6.54 Å². The highest BCUT2D eigenvalue weighted by Gasteiger charge is 2.17. The van der Waals surface area contributed by atoms with Gasteiger partial charge in [-0.15, -0.1) is 0 Å². The van der Waals surface area contributed by atoms with Crippen LogP contribution < -0.4 is 10.6 Å². The van der Waals surface area contributed by atoms with Gasteiger partial charge in [-0.25, -0.2) is 4.39 Å². The molecule has 0 aliphatic carbocycles. The van der Waals surface area contributed by atoms with Crippen molar-refractivity contribution in [1.29, 1.82) is 5.26 Å². The quantitative estimate of drug-likeness (QED) is 0.839. The smallest absolute Gasteiger partial charge is 0.220 e. The number of nitriles is 1. The number of rotatable bonds is 3. The fourth-order valence-corrected chi connectivity index (χ4v) is 1.99. The minimum Gasteiger partial charge on any atom is -0.355 e. The number of halogens is 1. The molecule has 1 aromatic rings. The monoisotopic (exact) mass is 247 g/mol. The van der Waals surface area contributed by atoms with E-state index in [1.165, 1.54) is 12.1 Å². The van der Waals surface area contributed by atoms with Crippen LogP contribution in [0.15, 0.2) is 18.2 Å². The Morgan fingerprint density at radius 3 is 3.00 bits per heavy atom. The van der Waals surface area contributed by atoms with Crippen LogP contribution in [0.25, 0.3) is 0 Å². The number of carbonyl (C=O) groups excluding carboxylic acids is 1. The van der Waals surface area contributed by atoms with E-state index in [1.54, 1.807) is 6.07 Å². The largest absolute Gasteiger partial charge is 0.355 e. The van der Waals surface area contributed by atoms with Gasteiger partial charge in [-0.1, -0.05) is 0 Å². The number of piperidine rings is 1. The van der Waals surface area contributed by atoms with Crippen molar-refractivity contribution in [3.8, 4) is 6.07 Å². The van der Waals surface area contributed by atoms with Crippen LogP contribution in [0.5, 0.6) is 0 Å². The summed E-state index contributed by atoms with van der Waals surface area (Å²) in [5.41, 5.74) is 1.06. The van der Waals surface area contributed by atoms with Crippen molar-refractivity contribution in [2.24, 2.45) is 0 Å². The predicted molar refractivity (Wildman–Crippen MR) is 64.0 cm³/mol. The summed E-state index contributed by atoms with van der Waals surface area (Å²) in [6, 6.07) is 6.42. The van der Waals surface area contributed by atoms with Gasteiger partial charge in [0.05, 0.1) is 11.6 Å². The van der Waals surface area contributed by atoms with Crippen LogP contribution in [0, 0.1) is 17.1 Å². The molecule has 1 unspecified atom stereocenters. The maximum absolute atomic E-state index is 13.2. The van der Waals surface area contributed by atoms with Gasteiger partial charge >= 0.3 is 0 Å². The minimum absolute atomic E-state index is 0.0746. The number of nitrogens with zero attached hydrogens (tertiary/aromatic N) is 1. The van der Waals surface area contributed by atoms with E-state index in [-0.39, 0.29) is 11.9 Å². The Kier molecular flexibility index (Phi) is 3.90. The van der Waals surface area contributed by atoms with Crippen LogP contribution in [0.2, 0.25) is 0 Å². The highest BCUT2D eigenvalue weighted by Crippen LogP contribution is 2.10. The third-order valence-corrected chi connectivity index (χ3v) is 2.95. The highest BCUT2D eigenvalue weighted by atomic mass is 19.1. The van der Waals surface area contributed by atoms with E-state index in [2.05, 4.69) is 10.6 Å². The average Bonchev–Trinajstić information content (AvgIpc) is 2.37. The number of hydrogen-bond acceptors (Lipinski definition) is 3. The third-order valence-electron chi connectivity index (χ3n) is 2.95. The van der Waals surface area contributed by atoms with Crippen LogP contribution in [-0.4, -0.2) is 18.5 Å². The Morgan fingerprint density at radius 2 is 2.33 bits per heavy atom. The van der Waals surface area contributed by atoms with E-state index in [9.17, 15) is 9.18 Å². The van der Waals surface area contributed by atoms with E-state index in [0.29, 0.717) is 25.1 Å². The van der Waals surface area contributed by atoms with Gasteiger partial charge in [-0.2, -0.15) is 5.26 Å². The molecule has 1 amide bonds. The van der Waals surface area contributed by atoms with Gasteiger partial charge in [0, 0.05) is 25.6 Å². The standard InChI is InChI=1S/C13H14FN3O/c14-11-4-9(6-15)3-10(5-11)7-16-12-1-2-13(18)17-8-12/h3-5,12,16H,1-2,7-8H2,(H,17,18). The third kappa shape index (κ3) is 3.28. The van der Waals surface area contributed by atoms with E-state index < -0.39 is 5.82 Å². The summed E-state index contributed by atoms with van der Waals surface area (Å²) in [7, 11) is 0. The molecule has 1 fully saturated rings. The molecule has 1 aliphatic rings. The Hall–Kier alpha value is -1.93. The first-order valence-corrected chi connectivity index (χ1v) is 5.87. The molecule has 2 N–H and O–H groups in total. The lowest BCUT2D eigenvalue weighted by Crippen LogP contribution is -2.45. The van der Waals surface area contributed by atoms with E-state index in [1.807, 2.05) is 6.07 Å². The maximum Gasteiger partial charge on any atom is 0.220 e. The van der Waals surface area contributed by atoms with Gasteiger partial charge < -0.3 is 10.6 Å². The summed E-state index contributed by atoms with van der Waals surface area (Å²) in [5.74, 6) is -0.326. The van der Waals surface area contributed by atoms with E-state index in [4.69, 9.17) is 5.26 Å². The summed E-state index contributed by atoms with van der Waals surface area (Å²) in [5, 5.41) is 14.8. The fourth-order valence-electron chi connectivity index (χ4n) is 1.99. The second-order valence-corrected chi connectivity index (χ2v) is 4.38. The topological polar surface area (TPSA) is 64.9 Å². The van der Waals surface area contributed by atoms with Crippen LogP contribution >= 0.6 is 0 Å². The summed E-state index contributed by atoms with van der Waals surface area (Å²) in [6.07, 6.45) is 1.30. The highest BCUT2D eigenvalue weighted by molar-refractivity contribution is 5.76. The first kappa shape index (κ1) is 12.5. The lowest BCUT2D eigenvalue weighted by Gasteiger charge is -2.23. The zero-order chi connectivity index (χ0) is 13.0. The summed E-state index contributed by atoms with van der Waals surface area (Å²) in [6.45, 7) is 1.09. The molecule has 0 saturated carbocycles. The van der Waals surface area contributed by atoms with Gasteiger partial charge in [0.2, 0.25) is 5.91 Å². The van der Waals surface area contributed by atoms with E-state index >= 15 is 0 Å². The maximum atomic E-state index is 13.2. The van der Waals surface area contributed by atoms with Crippen LogP contribution in [0.1, 0.15) is 24.0 Å². The van der Waals surface area contributed by atoms with Crippen molar-refractivity contribution in [3.05, 3.63) is 35.1 Å². The normalized spacial score (nSPS) is 19.1. The van der Waals surface area contributed by atoms with Gasteiger partial charge in [0.1, 0.15) is 5.82 Å². The molecule has 1 aromatic carbocycles. The molecule has 0 aromatic heterocycles. The zero-order valence-corrected chi connectivity index (χ0v) is 9.87. The molecule has 0 spiro atoms. The first-order valence-electron chi connectivity index (χ1n) is 5.87. The molecular formula is C13H14FN3O.